The van der Waals surface area contributed by atoms with Gasteiger partial charge in [-0.3, -0.25) is 14.7 Å². The maximum atomic E-state index is 12.2. The number of H-pyrrole nitrogens is 1. The number of unbranched alkanes of at least 4 members (excludes halogenated alkanes) is 2. The molecule has 1 aliphatic rings. The van der Waals surface area contributed by atoms with E-state index < -0.39 is 6.29 Å². The first-order valence-corrected chi connectivity index (χ1v) is 14.6. The highest BCUT2D eigenvalue weighted by molar-refractivity contribution is 7.99. The van der Waals surface area contributed by atoms with Crippen LogP contribution in [0.3, 0.4) is 0 Å². The summed E-state index contributed by atoms with van der Waals surface area (Å²) in [6.45, 7) is 2.60. The van der Waals surface area contributed by atoms with Gasteiger partial charge >= 0.3 is 0 Å². The number of nitrogens with one attached hydrogen (secondary N) is 3. The second-order valence-corrected chi connectivity index (χ2v) is 10.8. The van der Waals surface area contributed by atoms with Crippen LogP contribution in [-0.2, 0) is 32.2 Å². The molecule has 0 spiro atoms. The Labute approximate surface area is 238 Å². The SMILES string of the molecule is CC(=O)NCCCCCC(=O)NCc1ccc([C@@H]2O[C@H](CSc3ncn[nH]3)C[C@H](c3ccc(CO)cc3)O2)cc1. The average molecular weight is 568 g/mol. The smallest absolute Gasteiger partial charge is 0.220 e. The van der Waals surface area contributed by atoms with Gasteiger partial charge in [-0.15, -0.1) is 0 Å². The topological polar surface area (TPSA) is 138 Å². The van der Waals surface area contributed by atoms with Crippen LogP contribution in [0.4, 0.5) is 0 Å². The lowest BCUT2D eigenvalue weighted by atomic mass is 10.0. The molecule has 11 heteroatoms. The lowest BCUT2D eigenvalue weighted by Crippen LogP contribution is -2.31. The summed E-state index contributed by atoms with van der Waals surface area (Å²) in [7, 11) is 0. The molecule has 1 fully saturated rings. The molecule has 0 aliphatic carbocycles. The lowest BCUT2D eigenvalue weighted by molar-refractivity contribution is -0.245. The maximum absolute atomic E-state index is 12.2. The Balaban J connectivity index is 1.31. The second kappa shape index (κ2) is 15.5. The molecule has 0 radical (unpaired) electrons. The van der Waals surface area contributed by atoms with Crippen LogP contribution in [0.2, 0.25) is 0 Å². The lowest BCUT2D eigenvalue weighted by Gasteiger charge is -2.36. The third-order valence-electron chi connectivity index (χ3n) is 6.61. The van der Waals surface area contributed by atoms with Crippen LogP contribution in [0.1, 0.15) is 73.7 Å². The number of aromatic nitrogens is 3. The van der Waals surface area contributed by atoms with E-state index in [1.165, 1.54) is 13.3 Å². The van der Waals surface area contributed by atoms with Gasteiger partial charge < -0.3 is 25.2 Å². The van der Waals surface area contributed by atoms with Crippen molar-refractivity contribution in [1.29, 1.82) is 0 Å². The first-order chi connectivity index (χ1) is 19.5. The number of aromatic amines is 1. The third-order valence-corrected chi connectivity index (χ3v) is 7.62. The highest BCUT2D eigenvalue weighted by Gasteiger charge is 2.32. The van der Waals surface area contributed by atoms with Gasteiger partial charge in [0.25, 0.3) is 0 Å². The summed E-state index contributed by atoms with van der Waals surface area (Å²) in [5, 5.41) is 22.7. The maximum Gasteiger partial charge on any atom is 0.220 e. The third kappa shape index (κ3) is 9.44. The van der Waals surface area contributed by atoms with Crippen LogP contribution < -0.4 is 10.6 Å². The fraction of sp³-hybridized carbons (Fsp3) is 0.448. The number of aliphatic hydroxyl groups excluding tert-OH is 1. The zero-order chi connectivity index (χ0) is 28.2. The number of thioether (sulfide) groups is 1. The van der Waals surface area contributed by atoms with Crippen molar-refractivity contribution in [3.8, 4) is 0 Å². The number of ether oxygens (including phenoxy) is 2. The molecule has 3 atom stereocenters. The van der Waals surface area contributed by atoms with Gasteiger partial charge in [-0.2, -0.15) is 5.10 Å². The first kappa shape index (κ1) is 29.7. The average Bonchev–Trinajstić information content (AvgIpc) is 3.51. The highest BCUT2D eigenvalue weighted by atomic mass is 32.2. The molecule has 2 aromatic carbocycles. The van der Waals surface area contributed by atoms with Gasteiger partial charge in [0, 0.05) is 44.2 Å². The van der Waals surface area contributed by atoms with Crippen LogP contribution in [0.5, 0.6) is 0 Å². The number of hydrogen-bond acceptors (Lipinski definition) is 8. The molecule has 40 heavy (non-hydrogen) atoms. The molecular formula is C29H37N5O5S. The number of rotatable bonds is 14. The first-order valence-electron chi connectivity index (χ1n) is 13.6. The number of benzene rings is 2. The number of hydrogen-bond donors (Lipinski definition) is 4. The summed E-state index contributed by atoms with van der Waals surface area (Å²) < 4.78 is 12.8. The standard InChI is InChI=1S/C29H37N5O5S/c1-20(36)30-14-4-2-3-5-27(37)31-16-21-6-12-24(13-7-21)28-38-25(18-40-29-32-19-33-34-29)15-26(39-28)23-10-8-22(17-35)9-11-23/h6-13,19,25-26,28,35H,2-5,14-18H2,1H3,(H,30,36)(H,31,37)(H,32,33,34)/t25-,26+,28+/m0/s1. The van der Waals surface area contributed by atoms with Crippen LogP contribution in [0.25, 0.3) is 0 Å². The van der Waals surface area contributed by atoms with Crippen molar-refractivity contribution in [1.82, 2.24) is 25.8 Å². The summed E-state index contributed by atoms with van der Waals surface area (Å²) in [5.74, 6) is 0.683. The Morgan fingerprint density at radius 2 is 1.75 bits per heavy atom. The molecule has 10 nitrogen and oxygen atoms in total. The molecule has 0 saturated carbocycles. The van der Waals surface area contributed by atoms with E-state index in [0.29, 0.717) is 31.7 Å². The Morgan fingerprint density at radius 3 is 2.45 bits per heavy atom. The molecule has 1 aliphatic heterocycles. The molecule has 2 amide bonds. The van der Waals surface area contributed by atoms with Crippen molar-refractivity contribution in [2.45, 2.75) is 75.8 Å². The van der Waals surface area contributed by atoms with E-state index in [1.54, 1.807) is 11.8 Å². The molecule has 0 unspecified atom stereocenters. The number of carbonyl (C=O) groups excluding carboxylic acids is 2. The van der Waals surface area contributed by atoms with Crippen molar-refractivity contribution in [2.24, 2.45) is 0 Å². The monoisotopic (exact) mass is 567 g/mol. The zero-order valence-corrected chi connectivity index (χ0v) is 23.5. The fourth-order valence-corrected chi connectivity index (χ4v) is 5.19. The minimum absolute atomic E-state index is 0.000719. The zero-order valence-electron chi connectivity index (χ0n) is 22.7. The summed E-state index contributed by atoms with van der Waals surface area (Å²) in [4.78, 5) is 27.3. The van der Waals surface area contributed by atoms with Crippen molar-refractivity contribution >= 4 is 23.6 Å². The molecule has 0 bridgehead atoms. The van der Waals surface area contributed by atoms with Gasteiger partial charge in [0.05, 0.1) is 18.8 Å². The summed E-state index contributed by atoms with van der Waals surface area (Å²) in [6, 6.07) is 15.7. The van der Waals surface area contributed by atoms with Crippen LogP contribution in [0, 0.1) is 0 Å². The summed E-state index contributed by atoms with van der Waals surface area (Å²) in [6.07, 6.45) is 4.42. The van der Waals surface area contributed by atoms with Crippen LogP contribution in [0.15, 0.2) is 60.0 Å². The largest absolute Gasteiger partial charge is 0.392 e. The molecule has 4 rings (SSSR count). The van der Waals surface area contributed by atoms with Gasteiger partial charge in [-0.05, 0) is 29.5 Å². The summed E-state index contributed by atoms with van der Waals surface area (Å²) in [5.41, 5.74) is 3.79. The van der Waals surface area contributed by atoms with E-state index in [0.717, 1.165) is 46.7 Å². The normalized spacial score (nSPS) is 18.8. The van der Waals surface area contributed by atoms with Crippen LogP contribution in [-0.4, -0.2) is 50.5 Å². The van der Waals surface area contributed by atoms with E-state index >= 15 is 0 Å². The van der Waals surface area contributed by atoms with Crippen molar-refractivity contribution < 1.29 is 24.2 Å². The Hall–Kier alpha value is -3.25. The number of nitrogens with zero attached hydrogens (tertiary/aromatic N) is 2. The van der Waals surface area contributed by atoms with Gasteiger partial charge in [0.15, 0.2) is 11.4 Å². The van der Waals surface area contributed by atoms with Gasteiger partial charge in [0.1, 0.15) is 6.33 Å². The quantitative estimate of drug-likeness (QED) is 0.170. The molecule has 1 aromatic heterocycles. The van der Waals surface area contributed by atoms with E-state index in [9.17, 15) is 14.7 Å². The van der Waals surface area contributed by atoms with E-state index in [1.807, 2.05) is 48.5 Å². The Kier molecular flexibility index (Phi) is 11.5. The predicted molar refractivity (Wildman–Crippen MR) is 151 cm³/mol. The summed E-state index contributed by atoms with van der Waals surface area (Å²) >= 11 is 1.56. The molecular weight excluding hydrogens is 530 g/mol. The Bertz CT molecular complexity index is 1190. The minimum Gasteiger partial charge on any atom is -0.392 e. The minimum atomic E-state index is -0.544. The fourth-order valence-electron chi connectivity index (χ4n) is 4.39. The highest BCUT2D eigenvalue weighted by Crippen LogP contribution is 2.39. The number of aliphatic hydroxyl groups is 1. The number of amides is 2. The number of carbonyl (C=O) groups is 2. The molecule has 1 saturated heterocycles. The molecule has 214 valence electrons. The van der Waals surface area contributed by atoms with Crippen molar-refractivity contribution in [3.05, 3.63) is 77.1 Å². The van der Waals surface area contributed by atoms with Crippen molar-refractivity contribution in [3.63, 3.8) is 0 Å². The van der Waals surface area contributed by atoms with Crippen molar-refractivity contribution in [2.75, 3.05) is 12.3 Å². The molecule has 3 aromatic rings. The van der Waals surface area contributed by atoms with E-state index in [-0.39, 0.29) is 30.6 Å². The second-order valence-electron chi connectivity index (χ2n) is 9.76. The van der Waals surface area contributed by atoms with Crippen LogP contribution >= 0.6 is 11.8 Å². The van der Waals surface area contributed by atoms with Gasteiger partial charge in [-0.1, -0.05) is 66.7 Å². The van der Waals surface area contributed by atoms with Gasteiger partial charge in [0.2, 0.25) is 11.8 Å². The molecule has 2 heterocycles. The Morgan fingerprint density at radius 1 is 1.00 bits per heavy atom. The van der Waals surface area contributed by atoms with Gasteiger partial charge in [-0.25, -0.2) is 4.98 Å². The van der Waals surface area contributed by atoms with E-state index in [2.05, 4.69) is 25.8 Å². The predicted octanol–water partition coefficient (Wildman–Crippen LogP) is 3.95. The van der Waals surface area contributed by atoms with E-state index in [4.69, 9.17) is 9.47 Å². The molecule has 4 N–H and O–H groups in total.